The van der Waals surface area contributed by atoms with Crippen molar-refractivity contribution in [3.63, 3.8) is 0 Å². The Kier molecular flexibility index (Phi) is 5.01. The third kappa shape index (κ3) is 3.74. The molecule has 1 aromatic heterocycles. The molecule has 0 N–H and O–H groups in total. The van der Waals surface area contributed by atoms with Crippen molar-refractivity contribution in [2.24, 2.45) is 0 Å². The zero-order chi connectivity index (χ0) is 18.7. The Morgan fingerprint density at radius 3 is 2.35 bits per heavy atom. The van der Waals surface area contributed by atoms with E-state index in [0.29, 0.717) is 17.0 Å². The van der Waals surface area contributed by atoms with Crippen LogP contribution in [0.5, 0.6) is 0 Å². The highest BCUT2D eigenvalue weighted by molar-refractivity contribution is 7.89. The first kappa shape index (κ1) is 18.0. The number of sulfonamides is 1. The van der Waals surface area contributed by atoms with Crippen molar-refractivity contribution in [2.75, 3.05) is 7.05 Å². The van der Waals surface area contributed by atoms with Gasteiger partial charge in [-0.25, -0.2) is 8.42 Å². The number of carbonyl (C=O) groups excluding carboxylic acids is 1. The van der Waals surface area contributed by atoms with Gasteiger partial charge in [0.2, 0.25) is 10.0 Å². The van der Waals surface area contributed by atoms with E-state index in [2.05, 4.69) is 5.16 Å². The molecule has 0 fully saturated rings. The first-order chi connectivity index (χ1) is 12.4. The maximum Gasteiger partial charge on any atom is 0.243 e. The van der Waals surface area contributed by atoms with Gasteiger partial charge >= 0.3 is 0 Å². The molecular formula is C19H18N2O4S. The molecular weight excluding hydrogens is 352 g/mol. The van der Waals surface area contributed by atoms with Gasteiger partial charge in [-0.3, -0.25) is 4.79 Å². The van der Waals surface area contributed by atoms with Gasteiger partial charge in [-0.2, -0.15) is 4.31 Å². The summed E-state index contributed by atoms with van der Waals surface area (Å²) in [6.45, 7) is 1.51. The molecule has 0 amide bonds. The molecule has 0 unspecified atom stereocenters. The van der Waals surface area contributed by atoms with E-state index in [1.807, 2.05) is 30.3 Å². The van der Waals surface area contributed by atoms with E-state index in [9.17, 15) is 13.2 Å². The summed E-state index contributed by atoms with van der Waals surface area (Å²) in [5, 5.41) is 3.95. The SMILES string of the molecule is CC(=O)c1ccc(S(=O)(=O)N(C)Cc2cc(-c3ccccc3)on2)cc1. The molecule has 0 saturated heterocycles. The van der Waals surface area contributed by atoms with Gasteiger partial charge in [-0.1, -0.05) is 47.6 Å². The van der Waals surface area contributed by atoms with Gasteiger partial charge < -0.3 is 4.52 Å². The van der Waals surface area contributed by atoms with E-state index >= 15 is 0 Å². The predicted octanol–water partition coefficient (Wildman–Crippen LogP) is 3.36. The predicted molar refractivity (Wildman–Crippen MR) is 97.0 cm³/mol. The summed E-state index contributed by atoms with van der Waals surface area (Å²) in [6.07, 6.45) is 0. The Morgan fingerprint density at radius 1 is 1.08 bits per heavy atom. The van der Waals surface area contributed by atoms with E-state index in [0.717, 1.165) is 5.56 Å². The number of carbonyl (C=O) groups is 1. The maximum atomic E-state index is 12.7. The van der Waals surface area contributed by atoms with E-state index in [1.165, 1.54) is 42.5 Å². The van der Waals surface area contributed by atoms with Gasteiger partial charge in [0.05, 0.1) is 17.1 Å². The first-order valence-electron chi connectivity index (χ1n) is 7.96. The van der Waals surface area contributed by atoms with Gasteiger partial charge in [0.25, 0.3) is 0 Å². The summed E-state index contributed by atoms with van der Waals surface area (Å²) >= 11 is 0. The van der Waals surface area contributed by atoms with E-state index in [4.69, 9.17) is 4.52 Å². The van der Waals surface area contributed by atoms with Crippen LogP contribution in [0.2, 0.25) is 0 Å². The summed E-state index contributed by atoms with van der Waals surface area (Å²) in [7, 11) is -2.22. The van der Waals surface area contributed by atoms with Crippen molar-refractivity contribution < 1.29 is 17.7 Å². The fourth-order valence-corrected chi connectivity index (χ4v) is 3.62. The van der Waals surface area contributed by atoms with Crippen LogP contribution in [0.25, 0.3) is 11.3 Å². The molecule has 0 aliphatic heterocycles. The molecule has 1 heterocycles. The zero-order valence-corrected chi connectivity index (χ0v) is 15.2. The summed E-state index contributed by atoms with van der Waals surface area (Å²) in [5.41, 5.74) is 1.85. The topological polar surface area (TPSA) is 80.5 Å². The molecule has 134 valence electrons. The Balaban J connectivity index is 1.77. The quantitative estimate of drug-likeness (QED) is 0.622. The Bertz CT molecular complexity index is 1010. The highest BCUT2D eigenvalue weighted by Gasteiger charge is 2.22. The third-order valence-electron chi connectivity index (χ3n) is 3.97. The lowest BCUT2D eigenvalue weighted by Crippen LogP contribution is -2.26. The first-order valence-corrected chi connectivity index (χ1v) is 9.40. The summed E-state index contributed by atoms with van der Waals surface area (Å²) in [6, 6.07) is 17.1. The number of aromatic nitrogens is 1. The molecule has 0 bridgehead atoms. The second-order valence-corrected chi connectivity index (χ2v) is 7.94. The van der Waals surface area contributed by atoms with Gasteiger partial charge in [-0.05, 0) is 19.1 Å². The van der Waals surface area contributed by atoms with Crippen LogP contribution in [0.15, 0.2) is 70.1 Å². The molecule has 0 aliphatic rings. The average molecular weight is 370 g/mol. The lowest BCUT2D eigenvalue weighted by molar-refractivity contribution is 0.101. The van der Waals surface area contributed by atoms with Crippen LogP contribution in [-0.4, -0.2) is 30.7 Å². The fraction of sp³-hybridized carbons (Fsp3) is 0.158. The number of hydrogen-bond acceptors (Lipinski definition) is 5. The number of hydrogen-bond donors (Lipinski definition) is 0. The summed E-state index contributed by atoms with van der Waals surface area (Å²) in [4.78, 5) is 11.4. The molecule has 26 heavy (non-hydrogen) atoms. The molecule has 0 radical (unpaired) electrons. The number of benzene rings is 2. The highest BCUT2D eigenvalue weighted by Crippen LogP contribution is 2.22. The van der Waals surface area contributed by atoms with E-state index in [-0.39, 0.29) is 17.2 Å². The molecule has 0 saturated carbocycles. The molecule has 3 rings (SSSR count). The second-order valence-electron chi connectivity index (χ2n) is 5.89. The highest BCUT2D eigenvalue weighted by atomic mass is 32.2. The van der Waals surface area contributed by atoms with Crippen molar-refractivity contribution >= 4 is 15.8 Å². The molecule has 0 atom stereocenters. The zero-order valence-electron chi connectivity index (χ0n) is 14.4. The maximum absolute atomic E-state index is 12.7. The number of Topliss-reactive ketones (excluding diaryl/α,β-unsaturated/α-hetero) is 1. The van der Waals surface area contributed by atoms with Crippen LogP contribution in [0.3, 0.4) is 0 Å². The van der Waals surface area contributed by atoms with Crippen LogP contribution in [0.1, 0.15) is 23.0 Å². The largest absolute Gasteiger partial charge is 0.356 e. The van der Waals surface area contributed by atoms with Crippen LogP contribution in [-0.2, 0) is 16.6 Å². The second kappa shape index (κ2) is 7.23. The van der Waals surface area contributed by atoms with E-state index in [1.54, 1.807) is 6.07 Å². The van der Waals surface area contributed by atoms with Crippen molar-refractivity contribution in [3.8, 4) is 11.3 Å². The Labute approximate surface area is 152 Å². The molecule has 7 heteroatoms. The van der Waals surface area contributed by atoms with Gasteiger partial charge in [-0.15, -0.1) is 0 Å². The van der Waals surface area contributed by atoms with E-state index < -0.39 is 10.0 Å². The summed E-state index contributed by atoms with van der Waals surface area (Å²) < 4.78 is 31.9. The summed E-state index contributed by atoms with van der Waals surface area (Å²) in [5.74, 6) is 0.468. The Morgan fingerprint density at radius 2 is 1.73 bits per heavy atom. The minimum Gasteiger partial charge on any atom is -0.356 e. The molecule has 6 nitrogen and oxygen atoms in total. The van der Waals surface area contributed by atoms with Crippen LogP contribution >= 0.6 is 0 Å². The lowest BCUT2D eigenvalue weighted by atomic mass is 10.2. The number of nitrogens with zero attached hydrogens (tertiary/aromatic N) is 2. The van der Waals surface area contributed by atoms with Crippen LogP contribution in [0.4, 0.5) is 0 Å². The minimum atomic E-state index is -3.69. The smallest absolute Gasteiger partial charge is 0.243 e. The standard InChI is InChI=1S/C19H18N2O4S/c1-14(22)15-8-10-18(11-9-15)26(23,24)21(2)13-17-12-19(25-20-17)16-6-4-3-5-7-16/h3-12H,13H2,1-2H3. The molecule has 3 aromatic rings. The van der Waals surface area contributed by atoms with Crippen molar-refractivity contribution in [3.05, 3.63) is 71.9 Å². The Hall–Kier alpha value is -2.77. The fourth-order valence-electron chi connectivity index (χ4n) is 2.48. The van der Waals surface area contributed by atoms with Crippen molar-refractivity contribution in [1.29, 1.82) is 0 Å². The monoisotopic (exact) mass is 370 g/mol. The van der Waals surface area contributed by atoms with Crippen LogP contribution in [0, 0.1) is 0 Å². The molecule has 0 spiro atoms. The number of ketones is 1. The van der Waals surface area contributed by atoms with Gasteiger partial charge in [0.1, 0.15) is 0 Å². The van der Waals surface area contributed by atoms with Gasteiger partial charge in [0, 0.05) is 24.2 Å². The molecule has 0 aliphatic carbocycles. The lowest BCUT2D eigenvalue weighted by Gasteiger charge is -2.15. The van der Waals surface area contributed by atoms with Crippen molar-refractivity contribution in [1.82, 2.24) is 9.46 Å². The normalized spacial score (nSPS) is 11.7. The molecule has 2 aromatic carbocycles. The van der Waals surface area contributed by atoms with Crippen LogP contribution < -0.4 is 0 Å². The minimum absolute atomic E-state index is 0.0765. The average Bonchev–Trinajstić information content (AvgIpc) is 3.11. The van der Waals surface area contributed by atoms with Crippen molar-refractivity contribution in [2.45, 2.75) is 18.4 Å². The van der Waals surface area contributed by atoms with Gasteiger partial charge in [0.15, 0.2) is 11.5 Å². The third-order valence-corrected chi connectivity index (χ3v) is 5.79. The number of rotatable bonds is 6.